The first-order valence-corrected chi connectivity index (χ1v) is 7.38. The van der Waals surface area contributed by atoms with Gasteiger partial charge in [-0.1, -0.05) is 55.5 Å². The van der Waals surface area contributed by atoms with Gasteiger partial charge in [-0.15, -0.1) is 0 Å². The number of aliphatic hydroxyl groups excluding tert-OH is 2. The molecule has 4 heteroatoms. The molecule has 0 aromatic heterocycles. The van der Waals surface area contributed by atoms with Gasteiger partial charge in [-0.2, -0.15) is 0 Å². The molecule has 3 N–H and O–H groups in total. The maximum atomic E-state index is 9.20. The smallest absolute Gasteiger partial charge is 0.0885 e. The van der Waals surface area contributed by atoms with Crippen LogP contribution in [0.25, 0.3) is 11.1 Å². The minimum Gasteiger partial charge on any atom is -0.396 e. The van der Waals surface area contributed by atoms with Gasteiger partial charge in [0, 0.05) is 11.8 Å². The van der Waals surface area contributed by atoms with Crippen molar-refractivity contribution in [1.82, 2.24) is 0 Å². The normalized spacial score (nSPS) is 12.6. The summed E-state index contributed by atoms with van der Waals surface area (Å²) in [5, 5.41) is 26.9. The van der Waals surface area contributed by atoms with Crippen molar-refractivity contribution in [3.8, 4) is 11.1 Å². The van der Waals surface area contributed by atoms with Crippen LogP contribution in [0, 0.1) is 0 Å². The van der Waals surface area contributed by atoms with Gasteiger partial charge in [0.1, 0.15) is 0 Å². The van der Waals surface area contributed by atoms with Crippen molar-refractivity contribution < 1.29 is 20.4 Å². The van der Waals surface area contributed by atoms with Crippen LogP contribution < -0.4 is 0 Å². The van der Waals surface area contributed by atoms with Crippen LogP contribution in [0.15, 0.2) is 48.5 Å². The second-order valence-corrected chi connectivity index (χ2v) is 5.50. The molecular formula is C18H22O4. The van der Waals surface area contributed by atoms with Crippen LogP contribution in [-0.2, 0) is 4.89 Å². The molecule has 0 fully saturated rings. The molecule has 0 aliphatic heterocycles. The van der Waals surface area contributed by atoms with Crippen LogP contribution in [0.3, 0.4) is 0 Å². The highest BCUT2D eigenvalue weighted by Gasteiger charge is 2.09. The fourth-order valence-corrected chi connectivity index (χ4v) is 2.43. The van der Waals surface area contributed by atoms with Crippen molar-refractivity contribution in [2.24, 2.45) is 0 Å². The molecule has 0 bridgehead atoms. The van der Waals surface area contributed by atoms with Crippen LogP contribution in [0.5, 0.6) is 0 Å². The van der Waals surface area contributed by atoms with Crippen LogP contribution in [0.4, 0.5) is 0 Å². The van der Waals surface area contributed by atoms with E-state index in [0.717, 1.165) is 22.3 Å². The summed E-state index contributed by atoms with van der Waals surface area (Å²) in [7, 11) is 0. The third-order valence-electron chi connectivity index (χ3n) is 3.96. The Kier molecular flexibility index (Phi) is 6.10. The first-order valence-electron chi connectivity index (χ1n) is 7.38. The van der Waals surface area contributed by atoms with Crippen LogP contribution in [0.1, 0.15) is 29.9 Å². The van der Waals surface area contributed by atoms with Crippen molar-refractivity contribution in [2.45, 2.75) is 18.8 Å². The molecule has 2 aromatic carbocycles. The predicted molar refractivity (Wildman–Crippen MR) is 85.8 cm³/mol. The van der Waals surface area contributed by atoms with E-state index < -0.39 is 0 Å². The largest absolute Gasteiger partial charge is 0.396 e. The fourth-order valence-electron chi connectivity index (χ4n) is 2.43. The van der Waals surface area contributed by atoms with E-state index in [4.69, 9.17) is 5.26 Å². The minimum atomic E-state index is -0.226. The summed E-state index contributed by atoms with van der Waals surface area (Å²) >= 11 is 0. The summed E-state index contributed by atoms with van der Waals surface area (Å²) < 4.78 is 0. The number of hydrogen-bond donors (Lipinski definition) is 3. The first-order chi connectivity index (χ1) is 10.7. The molecule has 118 valence electrons. The molecule has 0 spiro atoms. The quantitative estimate of drug-likeness (QED) is 0.543. The Balaban J connectivity index is 2.15. The third-order valence-corrected chi connectivity index (χ3v) is 3.96. The highest BCUT2D eigenvalue weighted by atomic mass is 17.1. The van der Waals surface area contributed by atoms with Crippen molar-refractivity contribution >= 4 is 0 Å². The topological polar surface area (TPSA) is 69.9 Å². The van der Waals surface area contributed by atoms with Crippen LogP contribution in [0.2, 0.25) is 0 Å². The van der Waals surface area contributed by atoms with E-state index in [2.05, 4.69) is 4.89 Å². The molecule has 0 saturated heterocycles. The molecule has 1 unspecified atom stereocenters. The van der Waals surface area contributed by atoms with E-state index in [9.17, 15) is 10.2 Å². The van der Waals surface area contributed by atoms with Gasteiger partial charge in [0.15, 0.2) is 0 Å². The van der Waals surface area contributed by atoms with Gasteiger partial charge in [0.25, 0.3) is 0 Å². The van der Waals surface area contributed by atoms with Crippen molar-refractivity contribution in [3.63, 3.8) is 0 Å². The molecular weight excluding hydrogens is 280 g/mol. The zero-order chi connectivity index (χ0) is 15.9. The third kappa shape index (κ3) is 3.93. The fraction of sp³-hybridized carbons (Fsp3) is 0.333. The summed E-state index contributed by atoms with van der Waals surface area (Å²) in [4.78, 5) is 4.19. The molecule has 0 aliphatic carbocycles. The Hall–Kier alpha value is -1.72. The Morgan fingerprint density at radius 2 is 1.27 bits per heavy atom. The van der Waals surface area contributed by atoms with Gasteiger partial charge >= 0.3 is 0 Å². The molecule has 0 amide bonds. The van der Waals surface area contributed by atoms with Gasteiger partial charge < -0.3 is 10.2 Å². The predicted octanol–water partition coefficient (Wildman–Crippen LogP) is 3.01. The SMILES string of the molecule is CC(COO)c1ccc(-c2ccc(C(CO)CO)cc2)cc1. The van der Waals surface area contributed by atoms with E-state index in [-0.39, 0.29) is 31.7 Å². The minimum absolute atomic E-state index is 0.0602. The second kappa shape index (κ2) is 8.06. The molecule has 1 atom stereocenters. The number of hydrogen-bond acceptors (Lipinski definition) is 4. The molecule has 22 heavy (non-hydrogen) atoms. The highest BCUT2D eigenvalue weighted by Crippen LogP contribution is 2.25. The summed E-state index contributed by atoms with van der Waals surface area (Å²) in [5.74, 6) is -0.0907. The maximum Gasteiger partial charge on any atom is 0.0885 e. The van der Waals surface area contributed by atoms with E-state index in [1.165, 1.54) is 0 Å². The summed E-state index contributed by atoms with van der Waals surface area (Å²) in [5.41, 5.74) is 4.21. The van der Waals surface area contributed by atoms with E-state index in [0.29, 0.717) is 0 Å². The second-order valence-electron chi connectivity index (χ2n) is 5.50. The number of aliphatic hydroxyl groups is 2. The van der Waals surface area contributed by atoms with Crippen molar-refractivity contribution in [3.05, 3.63) is 59.7 Å². The summed E-state index contributed by atoms with van der Waals surface area (Å²) in [6.45, 7) is 2.15. The average molecular weight is 302 g/mol. The first kappa shape index (κ1) is 16.6. The van der Waals surface area contributed by atoms with Crippen LogP contribution >= 0.6 is 0 Å². The number of rotatable bonds is 7. The Morgan fingerprint density at radius 1 is 0.818 bits per heavy atom. The van der Waals surface area contributed by atoms with E-state index >= 15 is 0 Å². The Labute approximate surface area is 130 Å². The van der Waals surface area contributed by atoms with Crippen LogP contribution in [-0.4, -0.2) is 35.3 Å². The lowest BCUT2D eigenvalue weighted by atomic mass is 9.95. The summed E-state index contributed by atoms with van der Waals surface area (Å²) in [6.07, 6.45) is 0. The van der Waals surface area contributed by atoms with Gasteiger partial charge in [0.05, 0.1) is 19.8 Å². The van der Waals surface area contributed by atoms with Gasteiger partial charge in [0.2, 0.25) is 0 Å². The lowest BCUT2D eigenvalue weighted by Crippen LogP contribution is -2.08. The molecule has 0 radical (unpaired) electrons. The van der Waals surface area contributed by atoms with Gasteiger partial charge in [-0.25, -0.2) is 4.89 Å². The van der Waals surface area contributed by atoms with E-state index in [1.54, 1.807) is 0 Å². The lowest BCUT2D eigenvalue weighted by molar-refractivity contribution is -0.245. The van der Waals surface area contributed by atoms with E-state index in [1.807, 2.05) is 55.5 Å². The molecule has 0 aliphatic rings. The lowest BCUT2D eigenvalue weighted by Gasteiger charge is -2.13. The average Bonchev–Trinajstić information content (AvgIpc) is 2.57. The van der Waals surface area contributed by atoms with Gasteiger partial charge in [-0.3, -0.25) is 5.26 Å². The Morgan fingerprint density at radius 3 is 1.68 bits per heavy atom. The molecule has 0 saturated carbocycles. The standard InChI is InChI=1S/C18H22O4/c1-13(12-22-21)14-2-4-15(5-3-14)16-6-8-17(9-7-16)18(10-19)11-20/h2-9,13,18-21H,10-12H2,1H3. The highest BCUT2D eigenvalue weighted by molar-refractivity contribution is 5.64. The molecule has 2 aromatic rings. The summed E-state index contributed by atoms with van der Waals surface area (Å²) in [6, 6.07) is 16.0. The zero-order valence-corrected chi connectivity index (χ0v) is 12.6. The zero-order valence-electron chi connectivity index (χ0n) is 12.6. The maximum absolute atomic E-state index is 9.20. The number of benzene rings is 2. The monoisotopic (exact) mass is 302 g/mol. The Bertz CT molecular complexity index is 559. The molecule has 0 heterocycles. The van der Waals surface area contributed by atoms with Gasteiger partial charge in [-0.05, 0) is 22.3 Å². The molecule has 2 rings (SSSR count). The molecule has 4 nitrogen and oxygen atoms in total. The van der Waals surface area contributed by atoms with Crippen molar-refractivity contribution in [2.75, 3.05) is 19.8 Å². The van der Waals surface area contributed by atoms with Crippen molar-refractivity contribution in [1.29, 1.82) is 0 Å².